The van der Waals surface area contributed by atoms with E-state index < -0.39 is 0 Å². The van der Waals surface area contributed by atoms with E-state index in [0.29, 0.717) is 23.8 Å². The second kappa shape index (κ2) is 10.1. The topological polar surface area (TPSA) is 47.6 Å². The van der Waals surface area contributed by atoms with E-state index in [4.69, 9.17) is 9.47 Å². The van der Waals surface area contributed by atoms with E-state index in [1.807, 2.05) is 32.0 Å². The van der Waals surface area contributed by atoms with E-state index in [1.165, 1.54) is 11.1 Å². The summed E-state index contributed by atoms with van der Waals surface area (Å²) in [6.07, 6.45) is 0.0833. The zero-order chi connectivity index (χ0) is 18.9. The normalized spacial score (nSPS) is 10.7. The van der Waals surface area contributed by atoms with Crippen LogP contribution in [0.25, 0.3) is 0 Å². The molecule has 0 bridgehead atoms. The molecule has 0 fully saturated rings. The molecule has 0 aliphatic rings. The van der Waals surface area contributed by atoms with Crippen LogP contribution < -0.4 is 14.8 Å². The Kier molecular flexibility index (Phi) is 7.85. The van der Waals surface area contributed by atoms with Gasteiger partial charge >= 0.3 is 0 Å². The Hall–Kier alpha value is -2.14. The van der Waals surface area contributed by atoms with Crippen LogP contribution in [-0.4, -0.2) is 24.9 Å². The van der Waals surface area contributed by atoms with Gasteiger partial charge in [0, 0.05) is 12.3 Å². The van der Waals surface area contributed by atoms with Gasteiger partial charge in [0.25, 0.3) is 0 Å². The van der Waals surface area contributed by atoms with Crippen molar-refractivity contribution >= 4 is 17.7 Å². The zero-order valence-corrected chi connectivity index (χ0v) is 16.7. The maximum atomic E-state index is 12.0. The summed E-state index contributed by atoms with van der Waals surface area (Å²) in [5, 5.41) is 2.95. The maximum Gasteiger partial charge on any atom is 0.230 e. The van der Waals surface area contributed by atoms with Gasteiger partial charge in [0.15, 0.2) is 11.5 Å². The van der Waals surface area contributed by atoms with Crippen LogP contribution in [0.1, 0.15) is 30.5 Å². The second-order valence-electron chi connectivity index (χ2n) is 6.41. The SMILES string of the molecule is COc1cc(CNC(=O)CSCc2ccc(C)cc2)ccc1OC(C)C. The summed E-state index contributed by atoms with van der Waals surface area (Å²) >= 11 is 1.62. The van der Waals surface area contributed by atoms with E-state index in [0.717, 1.165) is 11.3 Å². The molecule has 0 atom stereocenters. The largest absolute Gasteiger partial charge is 0.493 e. The molecular formula is C21H27NO3S. The first-order valence-corrected chi connectivity index (χ1v) is 9.87. The first-order chi connectivity index (χ1) is 12.5. The van der Waals surface area contributed by atoms with Crippen LogP contribution in [0.4, 0.5) is 0 Å². The lowest BCUT2D eigenvalue weighted by atomic mass is 10.2. The van der Waals surface area contributed by atoms with Crippen molar-refractivity contribution in [1.29, 1.82) is 0 Å². The number of nitrogens with one attached hydrogen (secondary N) is 1. The van der Waals surface area contributed by atoms with Gasteiger partial charge in [-0.2, -0.15) is 0 Å². The number of methoxy groups -OCH3 is 1. The number of carbonyl (C=O) groups is 1. The molecular weight excluding hydrogens is 346 g/mol. The highest BCUT2D eigenvalue weighted by Gasteiger charge is 2.08. The van der Waals surface area contributed by atoms with Crippen molar-refractivity contribution in [3.8, 4) is 11.5 Å². The van der Waals surface area contributed by atoms with E-state index in [-0.39, 0.29) is 12.0 Å². The Bertz CT molecular complexity index is 714. The number of hydrogen-bond acceptors (Lipinski definition) is 4. The summed E-state index contributed by atoms with van der Waals surface area (Å²) in [7, 11) is 1.62. The Morgan fingerprint density at radius 2 is 1.77 bits per heavy atom. The minimum Gasteiger partial charge on any atom is -0.493 e. The molecule has 0 aromatic heterocycles. The molecule has 0 aliphatic heterocycles. The van der Waals surface area contributed by atoms with Gasteiger partial charge in [-0.05, 0) is 44.0 Å². The number of aryl methyl sites for hydroxylation is 1. The van der Waals surface area contributed by atoms with Crippen LogP contribution in [0.3, 0.4) is 0 Å². The fraction of sp³-hybridized carbons (Fsp3) is 0.381. The number of benzene rings is 2. The van der Waals surface area contributed by atoms with Crippen molar-refractivity contribution in [3.05, 3.63) is 59.2 Å². The summed E-state index contributed by atoms with van der Waals surface area (Å²) < 4.78 is 11.1. The smallest absolute Gasteiger partial charge is 0.230 e. The van der Waals surface area contributed by atoms with Crippen molar-refractivity contribution in [1.82, 2.24) is 5.32 Å². The molecule has 2 aromatic carbocycles. The molecule has 0 radical (unpaired) electrons. The standard InChI is InChI=1S/C21H27NO3S/c1-15(2)25-19-10-9-18(11-20(19)24-4)12-22-21(23)14-26-13-17-7-5-16(3)6-8-17/h5-11,15H,12-14H2,1-4H3,(H,22,23). The molecule has 2 aromatic rings. The van der Waals surface area contributed by atoms with E-state index in [9.17, 15) is 4.79 Å². The molecule has 5 heteroatoms. The average molecular weight is 374 g/mol. The van der Waals surface area contributed by atoms with Crippen molar-refractivity contribution in [2.75, 3.05) is 12.9 Å². The van der Waals surface area contributed by atoms with Crippen LogP contribution >= 0.6 is 11.8 Å². The lowest BCUT2D eigenvalue weighted by molar-refractivity contribution is -0.118. The lowest BCUT2D eigenvalue weighted by Gasteiger charge is -2.14. The van der Waals surface area contributed by atoms with Gasteiger partial charge in [-0.25, -0.2) is 0 Å². The van der Waals surface area contributed by atoms with Crippen molar-refractivity contribution in [2.24, 2.45) is 0 Å². The minimum absolute atomic E-state index is 0.0311. The van der Waals surface area contributed by atoms with Gasteiger partial charge in [0.2, 0.25) is 5.91 Å². The molecule has 0 heterocycles. The first-order valence-electron chi connectivity index (χ1n) is 8.71. The van der Waals surface area contributed by atoms with Crippen LogP contribution in [-0.2, 0) is 17.1 Å². The summed E-state index contributed by atoms with van der Waals surface area (Å²) in [6, 6.07) is 14.1. The van der Waals surface area contributed by atoms with Crippen LogP contribution in [0.15, 0.2) is 42.5 Å². The highest BCUT2D eigenvalue weighted by molar-refractivity contribution is 7.99. The molecule has 0 spiro atoms. The molecule has 0 aliphatic carbocycles. The third-order valence-corrected chi connectivity index (χ3v) is 4.71. The number of amides is 1. The summed E-state index contributed by atoms with van der Waals surface area (Å²) in [6.45, 7) is 6.49. The predicted octanol–water partition coefficient (Wildman–Crippen LogP) is 4.34. The fourth-order valence-electron chi connectivity index (χ4n) is 2.37. The average Bonchev–Trinajstić information content (AvgIpc) is 2.62. The van der Waals surface area contributed by atoms with Crippen LogP contribution in [0.2, 0.25) is 0 Å². The third-order valence-electron chi connectivity index (χ3n) is 3.70. The van der Waals surface area contributed by atoms with Gasteiger partial charge in [0.05, 0.1) is 19.0 Å². The number of hydrogen-bond donors (Lipinski definition) is 1. The quantitative estimate of drug-likeness (QED) is 0.710. The molecule has 26 heavy (non-hydrogen) atoms. The number of rotatable bonds is 9. The highest BCUT2D eigenvalue weighted by Crippen LogP contribution is 2.28. The highest BCUT2D eigenvalue weighted by atomic mass is 32.2. The van der Waals surface area contributed by atoms with Gasteiger partial charge in [-0.1, -0.05) is 35.9 Å². The van der Waals surface area contributed by atoms with E-state index >= 15 is 0 Å². The van der Waals surface area contributed by atoms with Gasteiger partial charge < -0.3 is 14.8 Å². The number of ether oxygens (including phenoxy) is 2. The van der Waals surface area contributed by atoms with E-state index in [1.54, 1.807) is 18.9 Å². The zero-order valence-electron chi connectivity index (χ0n) is 15.9. The minimum atomic E-state index is 0.0311. The van der Waals surface area contributed by atoms with Crippen molar-refractivity contribution in [2.45, 2.75) is 39.2 Å². The summed E-state index contributed by atoms with van der Waals surface area (Å²) in [5.74, 6) is 2.71. The molecule has 0 saturated carbocycles. The van der Waals surface area contributed by atoms with E-state index in [2.05, 4.69) is 36.5 Å². The van der Waals surface area contributed by atoms with Crippen molar-refractivity contribution < 1.29 is 14.3 Å². The predicted molar refractivity (Wildman–Crippen MR) is 108 cm³/mol. The molecule has 4 nitrogen and oxygen atoms in total. The first kappa shape index (κ1) is 20.2. The Morgan fingerprint density at radius 1 is 1.08 bits per heavy atom. The third kappa shape index (κ3) is 6.64. The molecule has 140 valence electrons. The second-order valence-corrected chi connectivity index (χ2v) is 7.39. The van der Waals surface area contributed by atoms with Gasteiger partial charge in [-0.3, -0.25) is 4.79 Å². The fourth-order valence-corrected chi connectivity index (χ4v) is 3.19. The Morgan fingerprint density at radius 3 is 2.42 bits per heavy atom. The maximum absolute atomic E-state index is 12.0. The van der Waals surface area contributed by atoms with Crippen LogP contribution in [0, 0.1) is 6.92 Å². The summed E-state index contributed by atoms with van der Waals surface area (Å²) in [4.78, 5) is 12.0. The molecule has 1 N–H and O–H groups in total. The molecule has 2 rings (SSSR count). The van der Waals surface area contributed by atoms with Gasteiger partial charge in [0.1, 0.15) is 0 Å². The number of carbonyl (C=O) groups excluding carboxylic acids is 1. The monoisotopic (exact) mass is 373 g/mol. The summed E-state index contributed by atoms with van der Waals surface area (Å²) in [5.41, 5.74) is 3.46. The lowest BCUT2D eigenvalue weighted by Crippen LogP contribution is -2.24. The number of thioether (sulfide) groups is 1. The molecule has 0 saturated heterocycles. The molecule has 1 amide bonds. The van der Waals surface area contributed by atoms with Crippen molar-refractivity contribution in [3.63, 3.8) is 0 Å². The molecule has 0 unspecified atom stereocenters. The van der Waals surface area contributed by atoms with Crippen LogP contribution in [0.5, 0.6) is 11.5 Å². The Labute approximate surface area is 160 Å². The van der Waals surface area contributed by atoms with Gasteiger partial charge in [-0.15, -0.1) is 11.8 Å². The Balaban J connectivity index is 1.78.